The highest BCUT2D eigenvalue weighted by Gasteiger charge is 2.18. The predicted molar refractivity (Wildman–Crippen MR) is 63.4 cm³/mol. The van der Waals surface area contributed by atoms with Gasteiger partial charge in [-0.1, -0.05) is 6.07 Å². The van der Waals surface area contributed by atoms with E-state index in [1.807, 2.05) is 12.1 Å². The van der Waals surface area contributed by atoms with E-state index in [2.05, 4.69) is 20.8 Å². The van der Waals surface area contributed by atoms with E-state index in [1.165, 1.54) is 0 Å². The minimum absolute atomic E-state index is 0.181. The molecule has 0 aromatic heterocycles. The van der Waals surface area contributed by atoms with Crippen LogP contribution < -0.4 is 10.6 Å². The van der Waals surface area contributed by atoms with Crippen molar-refractivity contribution in [2.75, 3.05) is 18.0 Å². The molecule has 1 fully saturated rings. The highest BCUT2D eigenvalue weighted by molar-refractivity contribution is 9.10. The largest absolute Gasteiger partial charge is 0.369 e. The Morgan fingerprint density at radius 2 is 2.00 bits per heavy atom. The fourth-order valence-corrected chi connectivity index (χ4v) is 2.44. The van der Waals surface area contributed by atoms with Gasteiger partial charge < -0.3 is 10.6 Å². The molecule has 1 aromatic rings. The van der Waals surface area contributed by atoms with Crippen molar-refractivity contribution in [3.05, 3.63) is 28.0 Å². The number of nitrogens with two attached hydrogens (primary N) is 1. The van der Waals surface area contributed by atoms with Crippen LogP contribution in [-0.4, -0.2) is 13.1 Å². The summed E-state index contributed by atoms with van der Waals surface area (Å²) < 4.78 is 14.5. The van der Waals surface area contributed by atoms with Gasteiger partial charge in [-0.15, -0.1) is 0 Å². The van der Waals surface area contributed by atoms with Crippen molar-refractivity contribution >= 4 is 21.6 Å². The molecule has 0 aliphatic carbocycles. The van der Waals surface area contributed by atoms with Crippen molar-refractivity contribution in [3.8, 4) is 0 Å². The van der Waals surface area contributed by atoms with Crippen LogP contribution in [0.2, 0.25) is 0 Å². The topological polar surface area (TPSA) is 29.3 Å². The molecule has 1 heterocycles. The second-order valence-electron chi connectivity index (χ2n) is 3.77. The Morgan fingerprint density at radius 1 is 1.33 bits per heavy atom. The molecule has 0 radical (unpaired) electrons. The van der Waals surface area contributed by atoms with Crippen molar-refractivity contribution in [1.29, 1.82) is 0 Å². The first-order valence-corrected chi connectivity index (χ1v) is 5.95. The van der Waals surface area contributed by atoms with Crippen molar-refractivity contribution in [1.82, 2.24) is 0 Å². The van der Waals surface area contributed by atoms with E-state index >= 15 is 0 Å². The lowest BCUT2D eigenvalue weighted by Gasteiger charge is -2.19. The second-order valence-corrected chi connectivity index (χ2v) is 4.56. The molecule has 15 heavy (non-hydrogen) atoms. The Labute approximate surface area is 97.4 Å². The Balaban J connectivity index is 2.36. The quantitative estimate of drug-likeness (QED) is 0.897. The van der Waals surface area contributed by atoms with Crippen LogP contribution in [0.15, 0.2) is 16.6 Å². The highest BCUT2D eigenvalue weighted by Crippen LogP contribution is 2.31. The van der Waals surface area contributed by atoms with Crippen LogP contribution in [-0.2, 0) is 6.54 Å². The summed E-state index contributed by atoms with van der Waals surface area (Å²) >= 11 is 3.26. The fraction of sp³-hybridized carbons (Fsp3) is 0.455. The summed E-state index contributed by atoms with van der Waals surface area (Å²) in [5, 5.41) is 0. The monoisotopic (exact) mass is 272 g/mol. The average molecular weight is 273 g/mol. The maximum absolute atomic E-state index is 14.0. The van der Waals surface area contributed by atoms with Crippen LogP contribution >= 0.6 is 15.9 Å². The number of rotatable bonds is 2. The van der Waals surface area contributed by atoms with E-state index in [4.69, 9.17) is 5.73 Å². The summed E-state index contributed by atoms with van der Waals surface area (Å²) in [6.45, 7) is 2.26. The van der Waals surface area contributed by atoms with E-state index in [0.29, 0.717) is 16.7 Å². The first-order valence-electron chi connectivity index (χ1n) is 5.16. The molecule has 4 heteroatoms. The number of hydrogen-bond donors (Lipinski definition) is 1. The van der Waals surface area contributed by atoms with Gasteiger partial charge in [-0.2, -0.15) is 0 Å². The van der Waals surface area contributed by atoms with E-state index in [0.717, 1.165) is 31.5 Å². The van der Waals surface area contributed by atoms with Crippen molar-refractivity contribution in [2.24, 2.45) is 5.73 Å². The molecule has 1 saturated heterocycles. The molecular weight excluding hydrogens is 259 g/mol. The number of anilines is 1. The Kier molecular flexibility index (Phi) is 3.26. The molecule has 82 valence electrons. The van der Waals surface area contributed by atoms with Crippen molar-refractivity contribution < 1.29 is 4.39 Å². The summed E-state index contributed by atoms with van der Waals surface area (Å²) in [6.07, 6.45) is 2.30. The summed E-state index contributed by atoms with van der Waals surface area (Å²) in [4.78, 5) is 2.08. The van der Waals surface area contributed by atoms with Crippen LogP contribution in [0.3, 0.4) is 0 Å². The van der Waals surface area contributed by atoms with E-state index < -0.39 is 0 Å². The SMILES string of the molecule is NCc1ccc(N2CCCC2)c(F)c1Br. The molecule has 1 aromatic carbocycles. The second kappa shape index (κ2) is 4.49. The van der Waals surface area contributed by atoms with Gasteiger partial charge in [0.15, 0.2) is 5.82 Å². The molecule has 0 bridgehead atoms. The van der Waals surface area contributed by atoms with E-state index in [1.54, 1.807) is 0 Å². The zero-order valence-electron chi connectivity index (χ0n) is 8.47. The molecule has 2 nitrogen and oxygen atoms in total. The first kappa shape index (κ1) is 10.9. The third kappa shape index (κ3) is 2.01. The van der Waals surface area contributed by atoms with Gasteiger partial charge in [-0.3, -0.25) is 0 Å². The van der Waals surface area contributed by atoms with Gasteiger partial charge in [0, 0.05) is 19.6 Å². The van der Waals surface area contributed by atoms with Crippen LogP contribution in [0.4, 0.5) is 10.1 Å². The van der Waals surface area contributed by atoms with Gasteiger partial charge in [-0.25, -0.2) is 4.39 Å². The van der Waals surface area contributed by atoms with Gasteiger partial charge in [0.25, 0.3) is 0 Å². The lowest BCUT2D eigenvalue weighted by molar-refractivity contribution is 0.613. The van der Waals surface area contributed by atoms with Gasteiger partial charge in [0.1, 0.15) is 0 Å². The average Bonchev–Trinajstić information content (AvgIpc) is 2.75. The zero-order chi connectivity index (χ0) is 10.8. The highest BCUT2D eigenvalue weighted by atomic mass is 79.9. The smallest absolute Gasteiger partial charge is 0.160 e. The zero-order valence-corrected chi connectivity index (χ0v) is 10.1. The summed E-state index contributed by atoms with van der Waals surface area (Å²) in [5.74, 6) is -0.181. The molecule has 0 amide bonds. The summed E-state index contributed by atoms with van der Waals surface area (Å²) in [5.41, 5.74) is 7.02. The number of nitrogens with zero attached hydrogens (tertiary/aromatic N) is 1. The van der Waals surface area contributed by atoms with Crippen LogP contribution in [0.5, 0.6) is 0 Å². The number of halogens is 2. The summed E-state index contributed by atoms with van der Waals surface area (Å²) in [7, 11) is 0. The Hall–Kier alpha value is -0.610. The van der Waals surface area contributed by atoms with Gasteiger partial charge in [0.2, 0.25) is 0 Å². The van der Waals surface area contributed by atoms with Crippen molar-refractivity contribution in [2.45, 2.75) is 19.4 Å². The van der Waals surface area contributed by atoms with E-state index in [9.17, 15) is 4.39 Å². The molecule has 0 saturated carbocycles. The summed E-state index contributed by atoms with van der Waals surface area (Å²) in [6, 6.07) is 3.72. The Bertz CT molecular complexity index is 362. The minimum Gasteiger partial charge on any atom is -0.369 e. The molecule has 2 N–H and O–H groups in total. The third-order valence-electron chi connectivity index (χ3n) is 2.81. The predicted octanol–water partition coefficient (Wildman–Crippen LogP) is 2.65. The Morgan fingerprint density at radius 3 is 2.60 bits per heavy atom. The number of benzene rings is 1. The third-order valence-corrected chi connectivity index (χ3v) is 3.67. The minimum atomic E-state index is -0.181. The molecule has 2 rings (SSSR count). The van der Waals surface area contributed by atoms with Gasteiger partial charge >= 0.3 is 0 Å². The maximum atomic E-state index is 14.0. The maximum Gasteiger partial charge on any atom is 0.160 e. The van der Waals surface area contributed by atoms with Crippen LogP contribution in [0, 0.1) is 5.82 Å². The first-order chi connectivity index (χ1) is 7.24. The lowest BCUT2D eigenvalue weighted by Crippen LogP contribution is -2.19. The normalized spacial score (nSPS) is 16.1. The van der Waals surface area contributed by atoms with Crippen LogP contribution in [0.25, 0.3) is 0 Å². The van der Waals surface area contributed by atoms with Gasteiger partial charge in [0.05, 0.1) is 10.2 Å². The molecule has 0 atom stereocenters. The van der Waals surface area contributed by atoms with Crippen molar-refractivity contribution in [3.63, 3.8) is 0 Å². The standard InChI is InChI=1S/C11H14BrFN2/c12-10-8(7-14)3-4-9(11(10)13)15-5-1-2-6-15/h3-4H,1-2,5-7,14H2. The molecule has 1 aliphatic heterocycles. The van der Waals surface area contributed by atoms with Crippen LogP contribution in [0.1, 0.15) is 18.4 Å². The molecular formula is C11H14BrFN2. The van der Waals surface area contributed by atoms with Gasteiger partial charge in [-0.05, 0) is 40.4 Å². The molecule has 0 unspecified atom stereocenters. The molecule has 0 spiro atoms. The van der Waals surface area contributed by atoms with E-state index in [-0.39, 0.29) is 5.82 Å². The number of hydrogen-bond acceptors (Lipinski definition) is 2. The fourth-order valence-electron chi connectivity index (χ4n) is 1.94. The lowest BCUT2D eigenvalue weighted by atomic mass is 10.2. The molecule has 1 aliphatic rings.